The van der Waals surface area contributed by atoms with Crippen molar-refractivity contribution >= 4 is 50.5 Å². The number of benzene rings is 3. The number of sulfonamides is 1. The quantitative estimate of drug-likeness (QED) is 0.378. The fourth-order valence-corrected chi connectivity index (χ4v) is 4.15. The van der Waals surface area contributed by atoms with Gasteiger partial charge in [0.25, 0.3) is 15.9 Å². The zero-order valence-corrected chi connectivity index (χ0v) is 19.7. The Morgan fingerprint density at radius 3 is 2.12 bits per heavy atom. The molecule has 0 radical (unpaired) electrons. The summed E-state index contributed by atoms with van der Waals surface area (Å²) < 4.78 is 71.8. The lowest BCUT2D eigenvalue weighted by molar-refractivity contribution is -0.137. The summed E-state index contributed by atoms with van der Waals surface area (Å²) in [7, 11) is -4.20. The molecule has 180 valence electrons. The van der Waals surface area contributed by atoms with E-state index in [1.807, 2.05) is 0 Å². The highest BCUT2D eigenvalue weighted by Gasteiger charge is 2.33. The van der Waals surface area contributed by atoms with Crippen molar-refractivity contribution in [2.75, 3.05) is 10.0 Å². The van der Waals surface area contributed by atoms with Crippen molar-refractivity contribution in [3.63, 3.8) is 0 Å². The largest absolute Gasteiger partial charge is 0.481 e. The summed E-state index contributed by atoms with van der Waals surface area (Å²) in [6.07, 6.45) is -5.61. The predicted molar refractivity (Wildman–Crippen MR) is 124 cm³/mol. The summed E-state index contributed by atoms with van der Waals surface area (Å²) in [6.45, 7) is 1.54. The molecule has 34 heavy (non-hydrogen) atoms. The van der Waals surface area contributed by atoms with Crippen molar-refractivity contribution in [2.45, 2.75) is 24.1 Å². The highest BCUT2D eigenvalue weighted by molar-refractivity contribution is 7.92. The lowest BCUT2D eigenvalue weighted by atomic mass is 10.2. The molecule has 0 saturated heterocycles. The fourth-order valence-electron chi connectivity index (χ4n) is 2.75. The second kappa shape index (κ2) is 10.1. The Bertz CT molecular complexity index is 1280. The average Bonchev–Trinajstić information content (AvgIpc) is 2.76. The summed E-state index contributed by atoms with van der Waals surface area (Å²) >= 11 is 11.4. The van der Waals surface area contributed by atoms with E-state index in [0.29, 0.717) is 22.5 Å². The Morgan fingerprint density at radius 2 is 1.53 bits per heavy atom. The Kier molecular flexibility index (Phi) is 7.64. The highest BCUT2D eigenvalue weighted by Crippen LogP contribution is 2.36. The number of halogens is 5. The first kappa shape index (κ1) is 25.7. The first-order chi connectivity index (χ1) is 15.8. The molecule has 6 nitrogen and oxygen atoms in total. The minimum absolute atomic E-state index is 0.223. The summed E-state index contributed by atoms with van der Waals surface area (Å²) in [6, 6.07) is 14.2. The molecule has 0 aromatic heterocycles. The van der Waals surface area contributed by atoms with Gasteiger partial charge in [-0.15, -0.1) is 0 Å². The zero-order chi connectivity index (χ0) is 25.1. The van der Waals surface area contributed by atoms with Crippen molar-refractivity contribution in [3.8, 4) is 5.75 Å². The van der Waals surface area contributed by atoms with E-state index in [-0.39, 0.29) is 10.6 Å². The molecule has 3 aromatic carbocycles. The van der Waals surface area contributed by atoms with Gasteiger partial charge in [-0.3, -0.25) is 9.52 Å². The van der Waals surface area contributed by atoms with Crippen LogP contribution in [0.1, 0.15) is 12.5 Å². The maximum atomic E-state index is 13.0. The molecule has 1 amide bonds. The first-order valence-electron chi connectivity index (χ1n) is 9.58. The van der Waals surface area contributed by atoms with E-state index >= 15 is 0 Å². The molecule has 0 aliphatic heterocycles. The van der Waals surface area contributed by atoms with E-state index in [0.717, 1.165) is 12.1 Å². The molecule has 1 unspecified atom stereocenters. The van der Waals surface area contributed by atoms with Gasteiger partial charge in [0.1, 0.15) is 5.75 Å². The molecule has 2 N–H and O–H groups in total. The lowest BCUT2D eigenvalue weighted by Gasteiger charge is -2.15. The maximum absolute atomic E-state index is 13.0. The Balaban J connectivity index is 1.67. The number of nitrogens with one attached hydrogen (secondary N) is 2. The number of hydrogen-bond donors (Lipinski definition) is 2. The van der Waals surface area contributed by atoms with E-state index in [1.54, 1.807) is 24.3 Å². The average molecular weight is 533 g/mol. The monoisotopic (exact) mass is 532 g/mol. The zero-order valence-electron chi connectivity index (χ0n) is 17.4. The van der Waals surface area contributed by atoms with Gasteiger partial charge < -0.3 is 10.1 Å². The van der Waals surface area contributed by atoms with Crippen molar-refractivity contribution in [2.24, 2.45) is 0 Å². The van der Waals surface area contributed by atoms with Crippen LogP contribution in [-0.2, 0) is 21.0 Å². The molecule has 0 heterocycles. The molecule has 12 heteroatoms. The molecular formula is C22H17Cl2F3N2O4S. The SMILES string of the molecule is CC(Oc1ccc(Cl)cc1)C(=O)Nc1ccc(S(=O)(=O)Nc2ccc(Cl)c(C(F)(F)F)c2)cc1. The van der Waals surface area contributed by atoms with Crippen LogP contribution in [0.15, 0.2) is 71.6 Å². The maximum Gasteiger partial charge on any atom is 0.417 e. The standard InChI is InChI=1S/C22H17Cl2F3N2O4S/c1-13(33-17-7-2-14(23)3-8-17)21(30)28-15-4-9-18(10-5-15)34(31,32)29-16-6-11-20(24)19(12-16)22(25,26)27/h2-13,29H,1H3,(H,28,30). The van der Waals surface area contributed by atoms with Crippen molar-refractivity contribution < 1.29 is 31.1 Å². The second-order valence-electron chi connectivity index (χ2n) is 7.03. The molecule has 0 aliphatic rings. The molecule has 3 aromatic rings. The number of carbonyl (C=O) groups is 1. The van der Waals surface area contributed by atoms with Crippen LogP contribution in [-0.4, -0.2) is 20.4 Å². The van der Waals surface area contributed by atoms with E-state index in [1.165, 1.54) is 31.2 Å². The highest BCUT2D eigenvalue weighted by atomic mass is 35.5. The molecule has 0 bridgehead atoms. The van der Waals surface area contributed by atoms with Crippen LogP contribution >= 0.6 is 23.2 Å². The lowest BCUT2D eigenvalue weighted by Crippen LogP contribution is -2.30. The normalized spacial score (nSPS) is 12.6. The van der Waals surface area contributed by atoms with Gasteiger partial charge in [-0.2, -0.15) is 13.2 Å². The summed E-state index contributed by atoms with van der Waals surface area (Å²) in [5.41, 5.74) is -1.17. The van der Waals surface area contributed by atoms with Crippen LogP contribution in [0.5, 0.6) is 5.75 Å². The van der Waals surface area contributed by atoms with Gasteiger partial charge in [0.05, 0.1) is 15.5 Å². The topological polar surface area (TPSA) is 84.5 Å². The third-order valence-corrected chi connectivity index (χ3v) is 6.43. The fraction of sp³-hybridized carbons (Fsp3) is 0.136. The number of ether oxygens (including phenoxy) is 1. The number of hydrogen-bond acceptors (Lipinski definition) is 4. The Morgan fingerprint density at radius 1 is 0.941 bits per heavy atom. The molecule has 0 fully saturated rings. The van der Waals surface area contributed by atoms with E-state index < -0.39 is 38.8 Å². The van der Waals surface area contributed by atoms with Gasteiger partial charge >= 0.3 is 6.18 Å². The van der Waals surface area contributed by atoms with E-state index in [2.05, 4.69) is 10.0 Å². The third kappa shape index (κ3) is 6.55. The van der Waals surface area contributed by atoms with Gasteiger partial charge in [0.2, 0.25) is 0 Å². The molecule has 0 spiro atoms. The van der Waals surface area contributed by atoms with Crippen molar-refractivity contribution in [3.05, 3.63) is 82.3 Å². The summed E-state index contributed by atoms with van der Waals surface area (Å²) in [4.78, 5) is 12.1. The second-order valence-corrected chi connectivity index (χ2v) is 9.55. The van der Waals surface area contributed by atoms with Crippen LogP contribution in [0.2, 0.25) is 10.0 Å². The minimum Gasteiger partial charge on any atom is -0.481 e. The van der Waals surface area contributed by atoms with Crippen LogP contribution in [0.25, 0.3) is 0 Å². The minimum atomic E-state index is -4.74. The van der Waals surface area contributed by atoms with E-state index in [9.17, 15) is 26.4 Å². The molecule has 0 aliphatic carbocycles. The summed E-state index contributed by atoms with van der Waals surface area (Å²) in [5, 5.41) is 2.56. The van der Waals surface area contributed by atoms with Crippen LogP contribution in [0.3, 0.4) is 0 Å². The third-order valence-electron chi connectivity index (χ3n) is 4.45. The Hall–Kier alpha value is -2.95. The number of amides is 1. The first-order valence-corrected chi connectivity index (χ1v) is 11.8. The van der Waals surface area contributed by atoms with Crippen LogP contribution in [0, 0.1) is 0 Å². The van der Waals surface area contributed by atoms with Crippen LogP contribution in [0.4, 0.5) is 24.5 Å². The van der Waals surface area contributed by atoms with Gasteiger partial charge in [-0.05, 0) is 73.7 Å². The number of rotatable bonds is 7. The van der Waals surface area contributed by atoms with Crippen LogP contribution < -0.4 is 14.8 Å². The van der Waals surface area contributed by atoms with Gasteiger partial charge in [0, 0.05) is 16.4 Å². The molecular weight excluding hydrogens is 516 g/mol. The summed E-state index contributed by atoms with van der Waals surface area (Å²) in [5.74, 6) is -0.0417. The molecule has 3 rings (SSSR count). The van der Waals surface area contributed by atoms with Gasteiger partial charge in [0.15, 0.2) is 6.10 Å². The van der Waals surface area contributed by atoms with Gasteiger partial charge in [-0.25, -0.2) is 8.42 Å². The number of anilines is 2. The Labute approximate surface area is 203 Å². The van der Waals surface area contributed by atoms with Gasteiger partial charge in [-0.1, -0.05) is 23.2 Å². The van der Waals surface area contributed by atoms with Crippen molar-refractivity contribution in [1.82, 2.24) is 0 Å². The smallest absolute Gasteiger partial charge is 0.417 e. The molecule has 1 atom stereocenters. The number of carbonyl (C=O) groups excluding carboxylic acids is 1. The number of alkyl halides is 3. The molecule has 0 saturated carbocycles. The predicted octanol–water partition coefficient (Wildman–Crippen LogP) is 6.22. The van der Waals surface area contributed by atoms with E-state index in [4.69, 9.17) is 27.9 Å². The van der Waals surface area contributed by atoms with Crippen molar-refractivity contribution in [1.29, 1.82) is 0 Å².